The summed E-state index contributed by atoms with van der Waals surface area (Å²) in [7, 11) is 0. The van der Waals surface area contributed by atoms with Gasteiger partial charge in [-0.25, -0.2) is 9.96 Å². The van der Waals surface area contributed by atoms with Crippen LogP contribution in [-0.2, 0) is 9.59 Å². The Kier molecular flexibility index (Phi) is 3.83. The zero-order valence-electron chi connectivity index (χ0n) is 11.5. The molecule has 0 aromatic heterocycles. The van der Waals surface area contributed by atoms with Crippen LogP contribution in [0, 0.1) is 0 Å². The highest BCUT2D eigenvalue weighted by atomic mass is 35.5. The molecule has 22 heavy (non-hydrogen) atoms. The largest absolute Gasteiger partial charge is 0.288 e. The van der Waals surface area contributed by atoms with Crippen LogP contribution in [-0.4, -0.2) is 23.1 Å². The fraction of sp³-hybridized carbons (Fsp3) is 0.125. The molecule has 1 aliphatic rings. The maximum atomic E-state index is 12.5. The number of halogens is 1. The van der Waals surface area contributed by atoms with E-state index >= 15 is 0 Å². The van der Waals surface area contributed by atoms with Crippen LogP contribution in [0.25, 0.3) is 0 Å². The SMILES string of the molecule is O=C1C[C@@H](N(O)c2ccccc2)C(=O)N1c1ccccc1Cl. The summed E-state index contributed by atoms with van der Waals surface area (Å²) in [6.07, 6.45) is -0.102. The maximum absolute atomic E-state index is 12.5. The quantitative estimate of drug-likeness (QED) is 0.698. The highest BCUT2D eigenvalue weighted by Gasteiger charge is 2.43. The van der Waals surface area contributed by atoms with Crippen molar-refractivity contribution in [2.24, 2.45) is 0 Å². The van der Waals surface area contributed by atoms with Crippen LogP contribution >= 0.6 is 11.6 Å². The summed E-state index contributed by atoms with van der Waals surface area (Å²) in [6, 6.07) is 14.3. The average molecular weight is 317 g/mol. The Morgan fingerprint density at radius 2 is 1.68 bits per heavy atom. The molecule has 0 radical (unpaired) electrons. The second kappa shape index (κ2) is 5.79. The van der Waals surface area contributed by atoms with E-state index in [-0.39, 0.29) is 6.42 Å². The van der Waals surface area contributed by atoms with E-state index in [1.807, 2.05) is 0 Å². The van der Waals surface area contributed by atoms with Gasteiger partial charge in [-0.15, -0.1) is 0 Å². The second-order valence-electron chi connectivity index (χ2n) is 4.92. The number of carbonyl (C=O) groups is 2. The molecule has 0 spiro atoms. The van der Waals surface area contributed by atoms with Gasteiger partial charge in [0.2, 0.25) is 5.91 Å². The third-order valence-corrected chi connectivity index (χ3v) is 3.85. The van der Waals surface area contributed by atoms with Crippen molar-refractivity contribution in [1.82, 2.24) is 0 Å². The number of imide groups is 1. The molecule has 2 aromatic rings. The van der Waals surface area contributed by atoms with Crippen molar-refractivity contribution in [3.05, 3.63) is 59.6 Å². The number of hydroxylamine groups is 1. The molecule has 0 unspecified atom stereocenters. The molecule has 1 aliphatic heterocycles. The number of hydrogen-bond donors (Lipinski definition) is 1. The third-order valence-electron chi connectivity index (χ3n) is 3.53. The van der Waals surface area contributed by atoms with Crippen molar-refractivity contribution in [1.29, 1.82) is 0 Å². The van der Waals surface area contributed by atoms with Gasteiger partial charge in [-0.3, -0.25) is 14.8 Å². The van der Waals surface area contributed by atoms with E-state index in [0.29, 0.717) is 16.4 Å². The highest BCUT2D eigenvalue weighted by Crippen LogP contribution is 2.32. The van der Waals surface area contributed by atoms with Gasteiger partial charge in [0.25, 0.3) is 5.91 Å². The minimum absolute atomic E-state index is 0.102. The highest BCUT2D eigenvalue weighted by molar-refractivity contribution is 6.36. The Bertz CT molecular complexity index is 720. The third kappa shape index (κ3) is 2.45. The molecule has 2 aromatic carbocycles. The van der Waals surface area contributed by atoms with Crippen LogP contribution in [0.2, 0.25) is 5.02 Å². The molecule has 1 saturated heterocycles. The molecular formula is C16H13ClN2O3. The van der Waals surface area contributed by atoms with Gasteiger partial charge in [-0.05, 0) is 24.3 Å². The first kappa shape index (κ1) is 14.6. The predicted octanol–water partition coefficient (Wildman–Crippen LogP) is 2.87. The zero-order valence-corrected chi connectivity index (χ0v) is 12.3. The summed E-state index contributed by atoms with van der Waals surface area (Å²) in [5, 5.41) is 11.4. The Labute approximate surface area is 132 Å². The number of rotatable bonds is 3. The van der Waals surface area contributed by atoms with Crippen LogP contribution in [0.5, 0.6) is 0 Å². The molecule has 1 atom stereocenters. The average Bonchev–Trinajstić information content (AvgIpc) is 2.83. The van der Waals surface area contributed by atoms with Crippen molar-refractivity contribution >= 4 is 34.8 Å². The molecule has 0 saturated carbocycles. The van der Waals surface area contributed by atoms with E-state index in [4.69, 9.17) is 11.6 Å². The van der Waals surface area contributed by atoms with Gasteiger partial charge in [-0.2, -0.15) is 0 Å². The van der Waals surface area contributed by atoms with Gasteiger partial charge in [0.05, 0.1) is 22.8 Å². The van der Waals surface area contributed by atoms with Crippen LogP contribution in [0.15, 0.2) is 54.6 Å². The fourth-order valence-corrected chi connectivity index (χ4v) is 2.67. The monoisotopic (exact) mass is 316 g/mol. The van der Waals surface area contributed by atoms with Gasteiger partial charge < -0.3 is 0 Å². The molecule has 1 fully saturated rings. The first-order valence-electron chi connectivity index (χ1n) is 6.74. The van der Waals surface area contributed by atoms with Gasteiger partial charge in [0.1, 0.15) is 6.04 Å². The Balaban J connectivity index is 1.91. The second-order valence-corrected chi connectivity index (χ2v) is 5.33. The maximum Gasteiger partial charge on any atom is 0.259 e. The Morgan fingerprint density at radius 1 is 1.05 bits per heavy atom. The van der Waals surface area contributed by atoms with Gasteiger partial charge in [0, 0.05) is 0 Å². The standard InChI is InChI=1S/C16H13ClN2O3/c17-12-8-4-5-9-13(12)18-15(20)10-14(16(18)21)19(22)11-6-2-1-3-7-11/h1-9,14,22H,10H2/t14-/m1/s1. The van der Waals surface area contributed by atoms with E-state index in [9.17, 15) is 14.8 Å². The lowest BCUT2D eigenvalue weighted by atomic mass is 10.2. The summed E-state index contributed by atoms with van der Waals surface area (Å²) >= 11 is 6.06. The lowest BCUT2D eigenvalue weighted by Gasteiger charge is -2.23. The topological polar surface area (TPSA) is 60.9 Å². The van der Waals surface area contributed by atoms with E-state index in [0.717, 1.165) is 9.96 Å². The number of nitrogens with zero attached hydrogens (tertiary/aromatic N) is 2. The summed E-state index contributed by atoms with van der Waals surface area (Å²) in [5.74, 6) is -0.887. The molecule has 6 heteroatoms. The molecule has 0 bridgehead atoms. The minimum atomic E-state index is -0.953. The summed E-state index contributed by atoms with van der Waals surface area (Å²) in [5.41, 5.74) is 0.790. The van der Waals surface area contributed by atoms with E-state index < -0.39 is 17.9 Å². The van der Waals surface area contributed by atoms with E-state index in [2.05, 4.69) is 0 Å². The van der Waals surface area contributed by atoms with Crippen molar-refractivity contribution in [2.45, 2.75) is 12.5 Å². The summed E-state index contributed by atoms with van der Waals surface area (Å²) in [6.45, 7) is 0. The molecule has 112 valence electrons. The molecule has 1 heterocycles. The zero-order chi connectivity index (χ0) is 15.7. The molecule has 3 rings (SSSR count). The van der Waals surface area contributed by atoms with Crippen molar-refractivity contribution in [3.8, 4) is 0 Å². The normalized spacial score (nSPS) is 17.9. The number of carbonyl (C=O) groups excluding carboxylic acids is 2. The first-order valence-corrected chi connectivity index (χ1v) is 7.12. The van der Waals surface area contributed by atoms with Crippen molar-refractivity contribution in [2.75, 3.05) is 9.96 Å². The fourth-order valence-electron chi connectivity index (χ4n) is 2.45. The number of amides is 2. The number of anilines is 2. The van der Waals surface area contributed by atoms with Crippen LogP contribution < -0.4 is 9.96 Å². The lowest BCUT2D eigenvalue weighted by Crippen LogP contribution is -2.40. The Morgan fingerprint density at radius 3 is 2.36 bits per heavy atom. The lowest BCUT2D eigenvalue weighted by molar-refractivity contribution is -0.121. The van der Waals surface area contributed by atoms with E-state index in [1.54, 1.807) is 54.6 Å². The molecule has 2 amide bonds. The number of hydrogen-bond acceptors (Lipinski definition) is 4. The molecule has 0 aliphatic carbocycles. The minimum Gasteiger partial charge on any atom is -0.288 e. The smallest absolute Gasteiger partial charge is 0.259 e. The number of benzene rings is 2. The van der Waals surface area contributed by atoms with E-state index in [1.165, 1.54) is 0 Å². The molecule has 1 N–H and O–H groups in total. The van der Waals surface area contributed by atoms with Gasteiger partial charge in [0.15, 0.2) is 0 Å². The predicted molar refractivity (Wildman–Crippen MR) is 83.1 cm³/mol. The van der Waals surface area contributed by atoms with Crippen LogP contribution in [0.3, 0.4) is 0 Å². The molecular weight excluding hydrogens is 304 g/mol. The summed E-state index contributed by atoms with van der Waals surface area (Å²) < 4.78 is 0. The van der Waals surface area contributed by atoms with Gasteiger partial charge in [-0.1, -0.05) is 41.9 Å². The first-order chi connectivity index (χ1) is 10.6. The summed E-state index contributed by atoms with van der Waals surface area (Å²) in [4.78, 5) is 25.7. The van der Waals surface area contributed by atoms with Gasteiger partial charge >= 0.3 is 0 Å². The Hall–Kier alpha value is -2.37. The number of para-hydroxylation sites is 2. The van der Waals surface area contributed by atoms with Crippen molar-refractivity contribution < 1.29 is 14.8 Å². The van der Waals surface area contributed by atoms with Crippen LogP contribution in [0.4, 0.5) is 11.4 Å². The van der Waals surface area contributed by atoms with Crippen molar-refractivity contribution in [3.63, 3.8) is 0 Å². The molecule has 5 nitrogen and oxygen atoms in total. The van der Waals surface area contributed by atoms with Crippen LogP contribution in [0.1, 0.15) is 6.42 Å².